The van der Waals surface area contributed by atoms with Crippen molar-refractivity contribution < 1.29 is 21.6 Å². The molecule has 6 rings (SSSR count). The molecule has 0 amide bonds. The van der Waals surface area contributed by atoms with Gasteiger partial charge in [-0.1, -0.05) is 42.5 Å². The molecule has 3 aromatic rings. The Morgan fingerprint density at radius 1 is 0.886 bits per heavy atom. The fraction of sp³-hybridized carbons (Fsp3) is 0.355. The van der Waals surface area contributed by atoms with Gasteiger partial charge in [0.05, 0.1) is 0 Å². The summed E-state index contributed by atoms with van der Waals surface area (Å²) in [5.74, 6) is 1.76. The van der Waals surface area contributed by atoms with Gasteiger partial charge in [0.25, 0.3) is 0 Å². The van der Waals surface area contributed by atoms with E-state index in [1.165, 1.54) is 12.4 Å². The molecule has 1 saturated heterocycles. The Hall–Kier alpha value is -4.10. The van der Waals surface area contributed by atoms with Crippen molar-refractivity contribution >= 4 is 43.6 Å². The van der Waals surface area contributed by atoms with Crippen LogP contribution in [0.25, 0.3) is 12.2 Å². The number of anilines is 2. The van der Waals surface area contributed by atoms with Gasteiger partial charge in [0.1, 0.15) is 18.2 Å². The molecule has 0 spiro atoms. The number of sulfone groups is 2. The fourth-order valence-electron chi connectivity index (χ4n) is 5.88. The Morgan fingerprint density at radius 2 is 1.57 bits per heavy atom. The molecule has 1 fully saturated rings. The van der Waals surface area contributed by atoms with Crippen molar-refractivity contribution in [1.82, 2.24) is 19.9 Å². The summed E-state index contributed by atoms with van der Waals surface area (Å²) in [5.41, 5.74) is 3.60. The van der Waals surface area contributed by atoms with E-state index in [0.717, 1.165) is 60.8 Å². The number of hydrogen-bond acceptors (Lipinski definition) is 11. The Balaban J connectivity index is 1.07. The van der Waals surface area contributed by atoms with Gasteiger partial charge in [0, 0.05) is 81.1 Å². The van der Waals surface area contributed by atoms with Gasteiger partial charge >= 0.3 is 0 Å². The van der Waals surface area contributed by atoms with Crippen LogP contribution >= 0.6 is 0 Å². The van der Waals surface area contributed by atoms with E-state index in [4.69, 9.17) is 4.74 Å². The van der Waals surface area contributed by atoms with Crippen LogP contribution in [0.5, 0.6) is 5.88 Å². The molecule has 0 atom stereocenters. The maximum Gasteiger partial charge on any atom is 0.225 e. The predicted octanol–water partition coefficient (Wildman–Crippen LogP) is 3.69. The highest BCUT2D eigenvalue weighted by Crippen LogP contribution is 2.43. The third kappa shape index (κ3) is 5.98. The van der Waals surface area contributed by atoms with Crippen molar-refractivity contribution in [1.29, 1.82) is 0 Å². The first-order valence-electron chi connectivity index (χ1n) is 14.4. The highest BCUT2D eigenvalue weighted by atomic mass is 32.3. The maximum absolute atomic E-state index is 12.6. The Bertz CT molecular complexity index is 1800. The summed E-state index contributed by atoms with van der Waals surface area (Å²) in [7, 11) is -7.82. The van der Waals surface area contributed by atoms with Crippen LogP contribution in [0.1, 0.15) is 36.8 Å². The molecule has 0 bridgehead atoms. The van der Waals surface area contributed by atoms with Crippen LogP contribution in [0.3, 0.4) is 0 Å². The van der Waals surface area contributed by atoms with Crippen molar-refractivity contribution in [3.63, 3.8) is 0 Å². The highest BCUT2D eigenvalue weighted by Gasteiger charge is 2.51. The summed E-state index contributed by atoms with van der Waals surface area (Å²) in [5, 5.41) is 0. The molecule has 4 heterocycles. The van der Waals surface area contributed by atoms with Crippen LogP contribution in [0.4, 0.5) is 11.8 Å². The smallest absolute Gasteiger partial charge is 0.225 e. The summed E-state index contributed by atoms with van der Waals surface area (Å²) >= 11 is 0. The van der Waals surface area contributed by atoms with E-state index >= 15 is 0 Å². The molecule has 0 N–H and O–H groups in total. The van der Waals surface area contributed by atoms with Crippen LogP contribution in [0.15, 0.2) is 78.5 Å². The van der Waals surface area contributed by atoms with E-state index < -0.39 is 23.8 Å². The standard InChI is InChI=1S/C31H34N6O5S2/c1-43(38,39)31(44(2,40)41)14-10-27-25(19-31)11-17-37(27)28-18-29(35-22-34-28)42-26-12-15-36(16-13-26)30-32-20-24(21-33-30)9-8-23-6-4-3-5-7-23/h3-10,14,18,20-22,26H,11-13,15-17,19H2,1-2H3/b9-8+. The molecular weight excluding hydrogens is 601 g/mol. The number of hydrogen-bond donors (Lipinski definition) is 0. The lowest BCUT2D eigenvalue weighted by molar-refractivity contribution is 0.163. The van der Waals surface area contributed by atoms with E-state index in [1.807, 2.05) is 59.8 Å². The minimum Gasteiger partial charge on any atom is -0.474 e. The number of ether oxygens (including phenoxy) is 1. The number of rotatable bonds is 8. The fourth-order valence-corrected chi connectivity index (χ4v) is 9.58. The first kappa shape index (κ1) is 29.9. The lowest BCUT2D eigenvalue weighted by atomic mass is 10.0. The van der Waals surface area contributed by atoms with E-state index in [0.29, 0.717) is 30.6 Å². The van der Waals surface area contributed by atoms with E-state index in [9.17, 15) is 16.8 Å². The topological polar surface area (TPSA) is 136 Å². The molecule has 2 aliphatic heterocycles. The molecule has 0 unspecified atom stereocenters. The number of piperidine rings is 1. The molecular formula is C31H34N6O5S2. The molecule has 44 heavy (non-hydrogen) atoms. The molecule has 230 valence electrons. The molecule has 3 aliphatic rings. The van der Waals surface area contributed by atoms with E-state index in [2.05, 4.69) is 24.8 Å². The van der Waals surface area contributed by atoms with Crippen LogP contribution < -0.4 is 14.5 Å². The quantitative estimate of drug-likeness (QED) is 0.359. The summed E-state index contributed by atoms with van der Waals surface area (Å²) in [6, 6.07) is 11.9. The molecule has 0 radical (unpaired) electrons. The number of allylic oxidation sites excluding steroid dienone is 1. The lowest BCUT2D eigenvalue weighted by Crippen LogP contribution is -2.45. The van der Waals surface area contributed by atoms with Crippen molar-refractivity contribution in [3.05, 3.63) is 89.7 Å². The van der Waals surface area contributed by atoms with Crippen molar-refractivity contribution in [3.8, 4) is 5.88 Å². The average molecular weight is 635 g/mol. The first-order chi connectivity index (χ1) is 21.0. The van der Waals surface area contributed by atoms with Crippen LogP contribution in [-0.2, 0) is 19.7 Å². The van der Waals surface area contributed by atoms with Gasteiger partial charge in [-0.2, -0.15) is 0 Å². The third-order valence-electron chi connectivity index (χ3n) is 8.34. The van der Waals surface area contributed by atoms with Crippen LogP contribution in [0, 0.1) is 0 Å². The molecule has 0 saturated carbocycles. The largest absolute Gasteiger partial charge is 0.474 e. The minimum atomic E-state index is -3.91. The van der Waals surface area contributed by atoms with Gasteiger partial charge in [-0.05, 0) is 29.7 Å². The Labute approximate surface area is 257 Å². The van der Waals surface area contributed by atoms with Crippen LogP contribution in [0.2, 0.25) is 0 Å². The Kier molecular flexibility index (Phi) is 8.01. The molecule has 2 aromatic heterocycles. The molecule has 1 aliphatic carbocycles. The number of nitrogens with zero attached hydrogens (tertiary/aromatic N) is 6. The van der Waals surface area contributed by atoms with Gasteiger partial charge in [0.2, 0.25) is 11.8 Å². The van der Waals surface area contributed by atoms with Gasteiger partial charge in [-0.25, -0.2) is 36.8 Å². The van der Waals surface area contributed by atoms with E-state index in [1.54, 1.807) is 12.1 Å². The zero-order valence-electron chi connectivity index (χ0n) is 24.6. The second-order valence-corrected chi connectivity index (χ2v) is 16.1. The second-order valence-electron chi connectivity index (χ2n) is 11.3. The number of aromatic nitrogens is 4. The maximum atomic E-state index is 12.6. The van der Waals surface area contributed by atoms with Crippen molar-refractivity contribution in [2.45, 2.75) is 35.9 Å². The van der Waals surface area contributed by atoms with Gasteiger partial charge in [-0.15, -0.1) is 0 Å². The summed E-state index contributed by atoms with van der Waals surface area (Å²) in [4.78, 5) is 22.0. The third-order valence-corrected chi connectivity index (χ3v) is 13.2. The normalized spacial score (nSPS) is 19.0. The monoisotopic (exact) mass is 634 g/mol. The minimum absolute atomic E-state index is 0.0323. The molecule has 11 nitrogen and oxygen atoms in total. The van der Waals surface area contributed by atoms with Gasteiger partial charge in [0.15, 0.2) is 23.8 Å². The Morgan fingerprint density at radius 3 is 2.25 bits per heavy atom. The van der Waals surface area contributed by atoms with Crippen LogP contribution in [-0.4, -0.2) is 79.1 Å². The highest BCUT2D eigenvalue weighted by molar-refractivity contribution is 8.10. The van der Waals surface area contributed by atoms with Gasteiger partial charge < -0.3 is 14.5 Å². The summed E-state index contributed by atoms with van der Waals surface area (Å²) in [6.45, 7) is 2.04. The average Bonchev–Trinajstić information content (AvgIpc) is 3.44. The summed E-state index contributed by atoms with van der Waals surface area (Å²) in [6.07, 6.45) is 16.0. The summed E-state index contributed by atoms with van der Waals surface area (Å²) < 4.78 is 54.7. The van der Waals surface area contributed by atoms with Crippen molar-refractivity contribution in [2.75, 3.05) is 41.9 Å². The molecule has 1 aromatic carbocycles. The zero-order valence-corrected chi connectivity index (χ0v) is 26.2. The van der Waals surface area contributed by atoms with Gasteiger partial charge in [-0.3, -0.25) is 0 Å². The first-order valence-corrected chi connectivity index (χ1v) is 18.2. The van der Waals surface area contributed by atoms with E-state index in [-0.39, 0.29) is 12.5 Å². The molecule has 13 heteroatoms. The second kappa shape index (κ2) is 11.8. The SMILES string of the molecule is CS(=O)(=O)C1(S(C)(=O)=O)C=CC2=C(CCN2c2cc(OC3CCN(c4ncc(/C=C/c5ccccc5)cn4)CC3)ncn2)C1. The number of benzene rings is 1. The van der Waals surface area contributed by atoms with Crippen molar-refractivity contribution in [2.24, 2.45) is 0 Å². The lowest BCUT2D eigenvalue weighted by Gasteiger charge is -2.32. The predicted molar refractivity (Wildman–Crippen MR) is 170 cm³/mol. The zero-order chi connectivity index (χ0) is 31.0.